The van der Waals surface area contributed by atoms with Crippen LogP contribution >= 0.6 is 8.58 Å². The molecule has 0 aromatic rings. The highest BCUT2D eigenvalue weighted by molar-refractivity contribution is 7.38. The molecule has 1 unspecified atom stereocenters. The lowest BCUT2D eigenvalue weighted by Crippen LogP contribution is -2.03. The van der Waals surface area contributed by atoms with Crippen LogP contribution in [0.5, 0.6) is 0 Å². The minimum absolute atomic E-state index is 1.10. The number of hydrogen-bond donors (Lipinski definition) is 0. The lowest BCUT2D eigenvalue weighted by Gasteiger charge is -2.18. The second kappa shape index (κ2) is 15.3. The van der Waals surface area contributed by atoms with Crippen LogP contribution in [-0.2, 0) is 0 Å². The monoisotopic (exact) mass is 312 g/mol. The van der Waals surface area contributed by atoms with Gasteiger partial charge in [0, 0.05) is 0 Å². The molecule has 1 aliphatic rings. The third-order valence-electron chi connectivity index (χ3n) is 5.07. The van der Waals surface area contributed by atoms with E-state index in [2.05, 4.69) is 6.92 Å². The van der Waals surface area contributed by atoms with E-state index < -0.39 is 0 Å². The molecule has 0 saturated heterocycles. The van der Waals surface area contributed by atoms with Crippen LogP contribution in [0.2, 0.25) is 0 Å². The minimum Gasteiger partial charge on any atom is -0.119 e. The van der Waals surface area contributed by atoms with Crippen LogP contribution in [0.4, 0.5) is 0 Å². The normalized spacial score (nSPS) is 19.3. The summed E-state index contributed by atoms with van der Waals surface area (Å²) in [6.45, 7) is 2.31. The van der Waals surface area contributed by atoms with Gasteiger partial charge in [0.2, 0.25) is 0 Å². The first kappa shape index (κ1) is 19.5. The van der Waals surface area contributed by atoms with Gasteiger partial charge in [-0.15, -0.1) is 8.58 Å². The fourth-order valence-corrected chi connectivity index (χ4v) is 5.26. The quantitative estimate of drug-likeness (QED) is 0.286. The molecule has 1 atom stereocenters. The SMILES string of the molecule is CCCCCCCCCCPC1CCCCCCCCC1. The highest BCUT2D eigenvalue weighted by atomic mass is 31.1. The van der Waals surface area contributed by atoms with Crippen molar-refractivity contribution in [3.8, 4) is 0 Å². The van der Waals surface area contributed by atoms with Crippen molar-refractivity contribution >= 4 is 8.58 Å². The van der Waals surface area contributed by atoms with Gasteiger partial charge in [-0.05, 0) is 31.1 Å². The summed E-state index contributed by atoms with van der Waals surface area (Å²) in [7, 11) is 1.28. The van der Waals surface area contributed by atoms with Crippen molar-refractivity contribution in [3.63, 3.8) is 0 Å². The number of rotatable bonds is 10. The van der Waals surface area contributed by atoms with Crippen molar-refractivity contribution in [2.75, 3.05) is 6.16 Å². The van der Waals surface area contributed by atoms with Crippen molar-refractivity contribution in [1.82, 2.24) is 0 Å². The predicted molar refractivity (Wildman–Crippen MR) is 101 cm³/mol. The van der Waals surface area contributed by atoms with Gasteiger partial charge in [-0.3, -0.25) is 0 Å². The third kappa shape index (κ3) is 12.6. The second-order valence-corrected chi connectivity index (χ2v) is 8.90. The summed E-state index contributed by atoms with van der Waals surface area (Å²) in [5.74, 6) is 0. The Kier molecular flexibility index (Phi) is 14.2. The van der Waals surface area contributed by atoms with Gasteiger partial charge < -0.3 is 0 Å². The molecule has 0 bridgehead atoms. The molecule has 1 saturated carbocycles. The van der Waals surface area contributed by atoms with Crippen LogP contribution in [0.1, 0.15) is 116 Å². The molecular weight excluding hydrogens is 271 g/mol. The van der Waals surface area contributed by atoms with Crippen molar-refractivity contribution in [2.45, 2.75) is 122 Å². The van der Waals surface area contributed by atoms with Gasteiger partial charge in [-0.1, -0.05) is 96.8 Å². The molecule has 1 heteroatoms. The second-order valence-electron chi connectivity index (χ2n) is 7.18. The summed E-state index contributed by atoms with van der Waals surface area (Å²) < 4.78 is 0. The van der Waals surface area contributed by atoms with E-state index in [4.69, 9.17) is 0 Å². The van der Waals surface area contributed by atoms with Crippen LogP contribution in [0.15, 0.2) is 0 Å². The molecule has 0 N–H and O–H groups in total. The van der Waals surface area contributed by atoms with Crippen LogP contribution < -0.4 is 0 Å². The first-order valence-corrected chi connectivity index (χ1v) is 11.5. The van der Waals surface area contributed by atoms with E-state index in [9.17, 15) is 0 Å². The van der Waals surface area contributed by atoms with Gasteiger partial charge in [0.15, 0.2) is 0 Å². The van der Waals surface area contributed by atoms with E-state index in [1.54, 1.807) is 19.0 Å². The summed E-state index contributed by atoms with van der Waals surface area (Å²) >= 11 is 0. The largest absolute Gasteiger partial charge is 0.119 e. The Balaban J connectivity index is 1.92. The van der Waals surface area contributed by atoms with E-state index in [1.807, 2.05) is 0 Å². The molecule has 1 rings (SSSR count). The Morgan fingerprint density at radius 3 is 1.67 bits per heavy atom. The first-order valence-electron chi connectivity index (χ1n) is 10.2. The maximum absolute atomic E-state index is 2.31. The Bertz CT molecular complexity index is 192. The Morgan fingerprint density at radius 2 is 1.10 bits per heavy atom. The molecule has 0 aromatic carbocycles. The highest BCUT2D eigenvalue weighted by Crippen LogP contribution is 2.31. The standard InChI is InChI=1S/C20H41P/c1-2-3-4-5-6-10-13-16-19-21-20-17-14-11-8-7-9-12-15-18-20/h20-21H,2-19H2,1H3. The van der Waals surface area contributed by atoms with Crippen molar-refractivity contribution in [2.24, 2.45) is 0 Å². The van der Waals surface area contributed by atoms with Crippen LogP contribution in [0.25, 0.3) is 0 Å². The molecule has 0 amide bonds. The lowest BCUT2D eigenvalue weighted by atomic mass is 10.0. The summed E-state index contributed by atoms with van der Waals surface area (Å²) in [4.78, 5) is 0. The Labute approximate surface area is 137 Å². The van der Waals surface area contributed by atoms with Crippen molar-refractivity contribution in [3.05, 3.63) is 0 Å². The molecule has 1 aliphatic carbocycles. The molecule has 0 aromatic heterocycles. The zero-order chi connectivity index (χ0) is 15.0. The first-order chi connectivity index (χ1) is 10.4. The summed E-state index contributed by atoms with van der Waals surface area (Å²) in [5.41, 5.74) is 1.10. The number of hydrogen-bond acceptors (Lipinski definition) is 0. The molecule has 1 fully saturated rings. The Hall–Kier alpha value is 0.430. The van der Waals surface area contributed by atoms with Gasteiger partial charge in [0.1, 0.15) is 0 Å². The molecule has 0 spiro atoms. The number of unbranched alkanes of at least 4 members (excludes halogenated alkanes) is 7. The Morgan fingerprint density at radius 1 is 0.619 bits per heavy atom. The molecule has 0 heterocycles. The smallest absolute Gasteiger partial charge is 0.0237 e. The maximum atomic E-state index is 2.31. The fourth-order valence-electron chi connectivity index (χ4n) is 3.58. The fraction of sp³-hybridized carbons (Fsp3) is 1.00. The molecule has 126 valence electrons. The summed E-state index contributed by atoms with van der Waals surface area (Å²) in [6.07, 6.45) is 27.0. The topological polar surface area (TPSA) is 0 Å². The van der Waals surface area contributed by atoms with Gasteiger partial charge in [0.25, 0.3) is 0 Å². The van der Waals surface area contributed by atoms with E-state index in [0.717, 1.165) is 5.66 Å². The summed E-state index contributed by atoms with van der Waals surface area (Å²) in [5, 5.41) is 0. The molecular formula is C20H41P. The van der Waals surface area contributed by atoms with Crippen LogP contribution in [-0.4, -0.2) is 11.8 Å². The molecule has 21 heavy (non-hydrogen) atoms. The van der Waals surface area contributed by atoms with Gasteiger partial charge in [-0.25, -0.2) is 0 Å². The zero-order valence-electron chi connectivity index (χ0n) is 14.8. The van der Waals surface area contributed by atoms with Crippen molar-refractivity contribution < 1.29 is 0 Å². The molecule has 0 aliphatic heterocycles. The third-order valence-corrected chi connectivity index (χ3v) is 6.87. The maximum Gasteiger partial charge on any atom is -0.0237 e. The van der Waals surface area contributed by atoms with Gasteiger partial charge >= 0.3 is 0 Å². The van der Waals surface area contributed by atoms with E-state index in [0.29, 0.717) is 0 Å². The predicted octanol–water partition coefficient (Wildman–Crippen LogP) is 7.70. The lowest BCUT2D eigenvalue weighted by molar-refractivity contribution is 0.509. The van der Waals surface area contributed by atoms with Gasteiger partial charge in [-0.2, -0.15) is 0 Å². The molecule has 0 radical (unpaired) electrons. The van der Waals surface area contributed by atoms with Crippen molar-refractivity contribution in [1.29, 1.82) is 0 Å². The zero-order valence-corrected chi connectivity index (χ0v) is 15.8. The average Bonchev–Trinajstić information content (AvgIpc) is 2.51. The van der Waals surface area contributed by atoms with E-state index in [-0.39, 0.29) is 0 Å². The van der Waals surface area contributed by atoms with E-state index >= 15 is 0 Å². The molecule has 0 nitrogen and oxygen atoms in total. The van der Waals surface area contributed by atoms with Gasteiger partial charge in [0.05, 0.1) is 0 Å². The van der Waals surface area contributed by atoms with Crippen LogP contribution in [0.3, 0.4) is 0 Å². The minimum atomic E-state index is 1.10. The van der Waals surface area contributed by atoms with Crippen LogP contribution in [0, 0.1) is 0 Å². The summed E-state index contributed by atoms with van der Waals surface area (Å²) in [6, 6.07) is 0. The average molecular weight is 313 g/mol. The van der Waals surface area contributed by atoms with E-state index in [1.165, 1.54) is 105 Å². The highest BCUT2D eigenvalue weighted by Gasteiger charge is 2.09.